The Balaban J connectivity index is 1.49. The zero-order valence-electron chi connectivity index (χ0n) is 18.9. The van der Waals surface area contributed by atoms with Gasteiger partial charge in [-0.1, -0.05) is 0 Å². The van der Waals surface area contributed by atoms with Crippen molar-refractivity contribution in [1.29, 1.82) is 0 Å². The van der Waals surface area contributed by atoms with Gasteiger partial charge in [0, 0.05) is 26.2 Å². The summed E-state index contributed by atoms with van der Waals surface area (Å²) in [7, 11) is 6.37. The summed E-state index contributed by atoms with van der Waals surface area (Å²) in [6, 6.07) is 7.66. The highest BCUT2D eigenvalue weighted by molar-refractivity contribution is 6.34. The van der Waals surface area contributed by atoms with E-state index in [1.165, 1.54) is 0 Å². The zero-order chi connectivity index (χ0) is 22.8. The molecular formula is C24H28N2O6. The highest BCUT2D eigenvalue weighted by atomic mass is 16.5. The van der Waals surface area contributed by atoms with E-state index < -0.39 is 11.8 Å². The molecule has 2 aromatic rings. The number of carbonyl (C=O) groups is 2. The maximum atomic E-state index is 13.1. The van der Waals surface area contributed by atoms with Gasteiger partial charge in [-0.05, 0) is 59.4 Å². The van der Waals surface area contributed by atoms with Crippen molar-refractivity contribution in [2.24, 2.45) is 0 Å². The van der Waals surface area contributed by atoms with Crippen LogP contribution in [0.15, 0.2) is 24.3 Å². The van der Waals surface area contributed by atoms with Crippen LogP contribution in [0.4, 0.5) is 0 Å². The molecule has 8 heteroatoms. The standard InChI is InChI=1S/C24H28N2O6/c1-29-19-9-15-5-7-25(13-17(15)11-21(19)31-3)23(27)24(28)26-8-6-16-10-20(30-2)22(32-4)12-18(16)14-26/h9-12H,5-8,13-14H2,1-4H3. The van der Waals surface area contributed by atoms with Crippen LogP contribution in [0.3, 0.4) is 0 Å². The van der Waals surface area contributed by atoms with Gasteiger partial charge in [0.05, 0.1) is 28.4 Å². The lowest BCUT2D eigenvalue weighted by Crippen LogP contribution is -2.48. The molecule has 4 rings (SSSR count). The molecule has 2 heterocycles. The van der Waals surface area contributed by atoms with E-state index >= 15 is 0 Å². The maximum Gasteiger partial charge on any atom is 0.312 e. The highest BCUT2D eigenvalue weighted by Gasteiger charge is 2.32. The predicted molar refractivity (Wildman–Crippen MR) is 117 cm³/mol. The van der Waals surface area contributed by atoms with Crippen molar-refractivity contribution >= 4 is 11.8 Å². The molecule has 0 saturated carbocycles. The van der Waals surface area contributed by atoms with Crippen molar-refractivity contribution < 1.29 is 28.5 Å². The highest BCUT2D eigenvalue weighted by Crippen LogP contribution is 2.35. The molecule has 0 fully saturated rings. The lowest BCUT2D eigenvalue weighted by atomic mass is 9.97. The molecule has 2 aliphatic rings. The van der Waals surface area contributed by atoms with Crippen molar-refractivity contribution in [2.75, 3.05) is 41.5 Å². The SMILES string of the molecule is COc1cc2c(cc1OC)CN(C(=O)C(=O)N1CCc3cc(OC)c(OC)cc3C1)CC2. The summed E-state index contributed by atoms with van der Waals surface area (Å²) in [5.74, 6) is 1.61. The molecule has 0 aliphatic carbocycles. The monoisotopic (exact) mass is 440 g/mol. The first-order valence-corrected chi connectivity index (χ1v) is 10.5. The van der Waals surface area contributed by atoms with Crippen molar-refractivity contribution in [2.45, 2.75) is 25.9 Å². The van der Waals surface area contributed by atoms with Gasteiger partial charge in [0.2, 0.25) is 0 Å². The fourth-order valence-electron chi connectivity index (χ4n) is 4.38. The Hall–Kier alpha value is -3.42. The first kappa shape index (κ1) is 21.8. The van der Waals surface area contributed by atoms with Crippen LogP contribution in [-0.4, -0.2) is 63.1 Å². The van der Waals surface area contributed by atoms with E-state index in [4.69, 9.17) is 18.9 Å². The summed E-state index contributed by atoms with van der Waals surface area (Å²) in [4.78, 5) is 29.3. The molecule has 32 heavy (non-hydrogen) atoms. The van der Waals surface area contributed by atoms with Gasteiger partial charge in [0.15, 0.2) is 23.0 Å². The number of amides is 2. The van der Waals surface area contributed by atoms with Gasteiger partial charge in [0.1, 0.15) is 0 Å². The largest absolute Gasteiger partial charge is 0.493 e. The maximum absolute atomic E-state index is 13.1. The van der Waals surface area contributed by atoms with Crippen LogP contribution in [0.2, 0.25) is 0 Å². The second kappa shape index (κ2) is 8.98. The molecule has 0 saturated heterocycles. The van der Waals surface area contributed by atoms with Crippen LogP contribution >= 0.6 is 0 Å². The number of methoxy groups -OCH3 is 4. The molecule has 2 amide bonds. The third kappa shape index (κ3) is 3.92. The molecule has 2 aliphatic heterocycles. The minimum Gasteiger partial charge on any atom is -0.493 e. The third-order valence-electron chi connectivity index (χ3n) is 6.19. The van der Waals surface area contributed by atoms with Gasteiger partial charge in [0.25, 0.3) is 0 Å². The van der Waals surface area contributed by atoms with Gasteiger partial charge in [-0.3, -0.25) is 9.59 Å². The number of hydrogen-bond donors (Lipinski definition) is 0. The lowest BCUT2D eigenvalue weighted by molar-refractivity contribution is -0.153. The number of nitrogens with zero attached hydrogens (tertiary/aromatic N) is 2. The number of rotatable bonds is 4. The van der Waals surface area contributed by atoms with Crippen molar-refractivity contribution in [3.63, 3.8) is 0 Å². The summed E-state index contributed by atoms with van der Waals surface area (Å²) in [5.41, 5.74) is 4.14. The van der Waals surface area contributed by atoms with E-state index in [2.05, 4.69) is 0 Å². The van der Waals surface area contributed by atoms with Crippen molar-refractivity contribution in [3.8, 4) is 23.0 Å². The zero-order valence-corrected chi connectivity index (χ0v) is 18.9. The second-order valence-electron chi connectivity index (χ2n) is 7.91. The predicted octanol–water partition coefficient (Wildman–Crippen LogP) is 2.19. The molecule has 0 bridgehead atoms. The Morgan fingerprint density at radius 2 is 0.906 bits per heavy atom. The Bertz CT molecular complexity index is 968. The Morgan fingerprint density at radius 1 is 0.594 bits per heavy atom. The smallest absolute Gasteiger partial charge is 0.312 e. The molecule has 0 N–H and O–H groups in total. The van der Waals surface area contributed by atoms with Crippen LogP contribution in [0, 0.1) is 0 Å². The molecule has 0 radical (unpaired) electrons. The molecule has 0 aromatic heterocycles. The van der Waals surface area contributed by atoms with Crippen LogP contribution in [0.1, 0.15) is 22.3 Å². The van der Waals surface area contributed by atoms with Crippen LogP contribution in [0.25, 0.3) is 0 Å². The van der Waals surface area contributed by atoms with E-state index in [1.54, 1.807) is 38.2 Å². The molecule has 0 atom stereocenters. The Morgan fingerprint density at radius 3 is 1.22 bits per heavy atom. The first-order valence-electron chi connectivity index (χ1n) is 10.5. The lowest BCUT2D eigenvalue weighted by Gasteiger charge is -2.33. The summed E-state index contributed by atoms with van der Waals surface area (Å²) in [6.07, 6.45) is 1.32. The minimum atomic E-state index is -0.477. The molecular weight excluding hydrogens is 412 g/mol. The van der Waals surface area contributed by atoms with Gasteiger partial charge < -0.3 is 28.7 Å². The first-order chi connectivity index (χ1) is 15.5. The normalized spacial score (nSPS) is 14.9. The fourth-order valence-corrected chi connectivity index (χ4v) is 4.38. The number of fused-ring (bicyclic) bond motifs is 2. The van der Waals surface area contributed by atoms with Gasteiger partial charge in [-0.15, -0.1) is 0 Å². The number of ether oxygens (including phenoxy) is 4. The average Bonchev–Trinajstić information content (AvgIpc) is 2.85. The van der Waals surface area contributed by atoms with Gasteiger partial charge >= 0.3 is 11.8 Å². The Kier molecular flexibility index (Phi) is 6.12. The van der Waals surface area contributed by atoms with E-state index in [0.29, 0.717) is 62.0 Å². The minimum absolute atomic E-state index is 0.371. The van der Waals surface area contributed by atoms with E-state index in [0.717, 1.165) is 22.3 Å². The van der Waals surface area contributed by atoms with Crippen molar-refractivity contribution in [3.05, 3.63) is 46.5 Å². The molecule has 0 spiro atoms. The van der Waals surface area contributed by atoms with Gasteiger partial charge in [-0.25, -0.2) is 0 Å². The van der Waals surface area contributed by atoms with Crippen molar-refractivity contribution in [1.82, 2.24) is 9.80 Å². The summed E-state index contributed by atoms with van der Waals surface area (Å²) < 4.78 is 21.5. The number of hydrogen-bond acceptors (Lipinski definition) is 6. The summed E-state index contributed by atoms with van der Waals surface area (Å²) in [6.45, 7) is 1.72. The third-order valence-corrected chi connectivity index (χ3v) is 6.19. The summed E-state index contributed by atoms with van der Waals surface area (Å²) in [5, 5.41) is 0. The van der Waals surface area contributed by atoms with Crippen LogP contribution in [0.5, 0.6) is 23.0 Å². The van der Waals surface area contributed by atoms with E-state index in [9.17, 15) is 9.59 Å². The average molecular weight is 440 g/mol. The number of benzene rings is 2. The van der Waals surface area contributed by atoms with Crippen LogP contribution in [-0.2, 0) is 35.5 Å². The quantitative estimate of drug-likeness (QED) is 0.679. The molecule has 2 aromatic carbocycles. The second-order valence-corrected chi connectivity index (χ2v) is 7.91. The molecule has 170 valence electrons. The van der Waals surface area contributed by atoms with E-state index in [-0.39, 0.29) is 0 Å². The van der Waals surface area contributed by atoms with E-state index in [1.807, 2.05) is 24.3 Å². The van der Waals surface area contributed by atoms with Crippen LogP contribution < -0.4 is 18.9 Å². The Labute approximate surface area is 187 Å². The fraction of sp³-hybridized carbons (Fsp3) is 0.417. The summed E-state index contributed by atoms with van der Waals surface area (Å²) >= 11 is 0. The number of carbonyl (C=O) groups excluding carboxylic acids is 2. The molecule has 8 nitrogen and oxygen atoms in total. The van der Waals surface area contributed by atoms with Gasteiger partial charge in [-0.2, -0.15) is 0 Å². The topological polar surface area (TPSA) is 77.5 Å². The molecule has 0 unspecified atom stereocenters.